The first-order valence-electron chi connectivity index (χ1n) is 16.4. The number of aromatic nitrogens is 3. The molecule has 0 bridgehead atoms. The van der Waals surface area contributed by atoms with Gasteiger partial charge in [0.25, 0.3) is 0 Å². The molecule has 0 aliphatic heterocycles. The van der Waals surface area contributed by atoms with E-state index in [9.17, 15) is 0 Å². The normalized spacial score (nSPS) is 11.8. The van der Waals surface area contributed by atoms with Gasteiger partial charge in [0, 0.05) is 38.4 Å². The molecule has 224 valence electrons. The predicted molar refractivity (Wildman–Crippen MR) is 201 cm³/mol. The lowest BCUT2D eigenvalue weighted by Crippen LogP contribution is -1.99. The van der Waals surface area contributed by atoms with Crippen molar-refractivity contribution in [1.29, 1.82) is 0 Å². The van der Waals surface area contributed by atoms with Gasteiger partial charge in [0.05, 0.1) is 27.8 Å². The fourth-order valence-electron chi connectivity index (χ4n) is 7.58. The monoisotopic (exact) mass is 611 g/mol. The number of pyridine rings is 1. The van der Waals surface area contributed by atoms with Crippen LogP contribution >= 0.6 is 0 Å². The lowest BCUT2D eigenvalue weighted by Gasteiger charge is -2.16. The molecule has 3 aromatic heterocycles. The number of rotatable bonds is 4. The van der Waals surface area contributed by atoms with E-state index >= 15 is 0 Å². The Morgan fingerprint density at radius 1 is 0.354 bits per heavy atom. The van der Waals surface area contributed by atoms with Crippen LogP contribution in [0.3, 0.4) is 0 Å². The highest BCUT2D eigenvalue weighted by Gasteiger charge is 2.24. The molecule has 3 heterocycles. The van der Waals surface area contributed by atoms with Crippen molar-refractivity contribution < 1.29 is 0 Å². The van der Waals surface area contributed by atoms with Gasteiger partial charge < -0.3 is 4.57 Å². The molecule has 0 saturated carbocycles. The summed E-state index contributed by atoms with van der Waals surface area (Å²) in [5.74, 6) is 0.929. The van der Waals surface area contributed by atoms with Crippen LogP contribution in [-0.2, 0) is 0 Å². The number of hydrogen-bond donors (Lipinski definition) is 0. The van der Waals surface area contributed by atoms with E-state index in [2.05, 4.69) is 185 Å². The first-order valence-corrected chi connectivity index (χ1v) is 16.4. The third-order valence-corrected chi connectivity index (χ3v) is 9.68. The maximum atomic E-state index is 5.55. The van der Waals surface area contributed by atoms with Crippen LogP contribution in [0.2, 0.25) is 0 Å². The second-order valence-electron chi connectivity index (χ2n) is 12.4. The zero-order valence-corrected chi connectivity index (χ0v) is 26.1. The molecule has 0 aliphatic rings. The minimum atomic E-state index is 0.929. The van der Waals surface area contributed by atoms with Crippen LogP contribution in [0.25, 0.3) is 88.5 Å². The van der Waals surface area contributed by atoms with Gasteiger partial charge in [-0.05, 0) is 40.8 Å². The summed E-state index contributed by atoms with van der Waals surface area (Å²) < 4.78 is 4.89. The summed E-state index contributed by atoms with van der Waals surface area (Å²) in [5, 5.41) is 6.03. The molecular formula is C45H29N3. The summed E-state index contributed by atoms with van der Waals surface area (Å²) >= 11 is 0. The highest BCUT2D eigenvalue weighted by Crippen LogP contribution is 2.44. The highest BCUT2D eigenvalue weighted by atomic mass is 15.1. The fraction of sp³-hybridized carbons (Fsp3) is 0. The minimum absolute atomic E-state index is 0.929. The van der Waals surface area contributed by atoms with Gasteiger partial charge in [-0.25, -0.2) is 4.98 Å². The topological polar surface area (TPSA) is 22.2 Å². The lowest BCUT2D eigenvalue weighted by molar-refractivity contribution is 1.17. The van der Waals surface area contributed by atoms with Crippen LogP contribution in [0.5, 0.6) is 0 Å². The van der Waals surface area contributed by atoms with Crippen LogP contribution < -0.4 is 0 Å². The van der Waals surface area contributed by atoms with Crippen molar-refractivity contribution in [3.8, 4) is 39.5 Å². The summed E-state index contributed by atoms with van der Waals surface area (Å²) in [6.07, 6.45) is 0. The second kappa shape index (κ2) is 10.5. The average Bonchev–Trinajstić information content (AvgIpc) is 3.73. The molecule has 10 aromatic rings. The van der Waals surface area contributed by atoms with E-state index in [4.69, 9.17) is 4.98 Å². The van der Waals surface area contributed by atoms with E-state index in [-0.39, 0.29) is 0 Å². The van der Waals surface area contributed by atoms with Crippen LogP contribution in [-0.4, -0.2) is 14.0 Å². The number of hydrogen-bond acceptors (Lipinski definition) is 1. The average molecular weight is 612 g/mol. The smallest absolute Gasteiger partial charge is 0.145 e. The maximum absolute atomic E-state index is 5.55. The molecule has 3 nitrogen and oxygen atoms in total. The minimum Gasteiger partial charge on any atom is -0.307 e. The Kier molecular flexibility index (Phi) is 5.87. The van der Waals surface area contributed by atoms with Crippen LogP contribution in [0, 0.1) is 0 Å². The van der Waals surface area contributed by atoms with Crippen molar-refractivity contribution in [2.45, 2.75) is 0 Å². The van der Waals surface area contributed by atoms with Crippen molar-refractivity contribution >= 4 is 49.0 Å². The lowest BCUT2D eigenvalue weighted by atomic mass is 9.96. The Morgan fingerprint density at radius 2 is 0.917 bits per heavy atom. The van der Waals surface area contributed by atoms with E-state index in [1.807, 2.05) is 0 Å². The number of imidazole rings is 1. The Morgan fingerprint density at radius 3 is 1.62 bits per heavy atom. The molecule has 0 N–H and O–H groups in total. The molecule has 48 heavy (non-hydrogen) atoms. The summed E-state index contributed by atoms with van der Waals surface area (Å²) in [6, 6.07) is 63.0. The molecule has 0 saturated heterocycles. The van der Waals surface area contributed by atoms with Gasteiger partial charge in [-0.2, -0.15) is 0 Å². The molecule has 3 heteroatoms. The maximum Gasteiger partial charge on any atom is 0.145 e. The van der Waals surface area contributed by atoms with Crippen LogP contribution in [0.15, 0.2) is 176 Å². The Balaban J connectivity index is 1.50. The van der Waals surface area contributed by atoms with E-state index < -0.39 is 0 Å². The summed E-state index contributed by atoms with van der Waals surface area (Å²) in [5.41, 5.74) is 11.3. The Bertz CT molecular complexity index is 2800. The van der Waals surface area contributed by atoms with Gasteiger partial charge in [-0.1, -0.05) is 152 Å². The van der Waals surface area contributed by atoms with E-state index in [1.165, 1.54) is 49.1 Å². The SMILES string of the molecule is c1ccc(-c2ccc3c(c2)c2c(-c4ccccc4)nc(-c4ccccc4)n2c2c3ccc3c4ccccc4n(-c4ccccc4)c32)cc1. The van der Waals surface area contributed by atoms with Crippen molar-refractivity contribution in [3.63, 3.8) is 0 Å². The summed E-state index contributed by atoms with van der Waals surface area (Å²) in [6.45, 7) is 0. The molecule has 0 spiro atoms. The van der Waals surface area contributed by atoms with E-state index in [0.29, 0.717) is 0 Å². The molecule has 0 atom stereocenters. The molecule has 0 unspecified atom stereocenters. The summed E-state index contributed by atoms with van der Waals surface area (Å²) in [4.78, 5) is 5.55. The number of fused-ring (bicyclic) bond motifs is 10. The van der Waals surface area contributed by atoms with Crippen molar-refractivity contribution in [3.05, 3.63) is 176 Å². The van der Waals surface area contributed by atoms with Gasteiger partial charge in [0.2, 0.25) is 0 Å². The first kappa shape index (κ1) is 26.7. The Labute approximate surface area is 277 Å². The molecule has 7 aromatic carbocycles. The number of para-hydroxylation sites is 2. The quantitative estimate of drug-likeness (QED) is 0.182. The largest absolute Gasteiger partial charge is 0.307 e. The van der Waals surface area contributed by atoms with Crippen molar-refractivity contribution in [1.82, 2.24) is 14.0 Å². The standard InChI is InChI=1S/C45H29N3/c1-5-15-30(16-6-1)33-25-26-35-37-27-28-38-36-23-13-14-24-40(36)47(34-21-11-4-12-22-34)43(38)44(37)48-42(39(35)29-33)41(31-17-7-2-8-18-31)46-45(48)32-19-9-3-10-20-32/h1-29H. The van der Waals surface area contributed by atoms with Gasteiger partial charge in [0.15, 0.2) is 0 Å². The molecule has 0 fully saturated rings. The highest BCUT2D eigenvalue weighted by molar-refractivity contribution is 6.25. The predicted octanol–water partition coefficient (Wildman–Crippen LogP) is 11.7. The second-order valence-corrected chi connectivity index (χ2v) is 12.4. The van der Waals surface area contributed by atoms with Gasteiger partial charge in [0.1, 0.15) is 5.82 Å². The zero-order chi connectivity index (χ0) is 31.6. The first-order chi connectivity index (χ1) is 23.8. The molecule has 0 amide bonds. The van der Waals surface area contributed by atoms with Crippen molar-refractivity contribution in [2.75, 3.05) is 0 Å². The van der Waals surface area contributed by atoms with Gasteiger partial charge in [-0.15, -0.1) is 0 Å². The Hall–Kier alpha value is -6.45. The molecular weight excluding hydrogens is 583 g/mol. The number of benzene rings is 7. The van der Waals surface area contributed by atoms with Crippen LogP contribution in [0.4, 0.5) is 0 Å². The van der Waals surface area contributed by atoms with Gasteiger partial charge >= 0.3 is 0 Å². The molecule has 0 radical (unpaired) electrons. The fourth-order valence-corrected chi connectivity index (χ4v) is 7.58. The van der Waals surface area contributed by atoms with Crippen molar-refractivity contribution in [2.24, 2.45) is 0 Å². The molecule has 0 aliphatic carbocycles. The van der Waals surface area contributed by atoms with Gasteiger partial charge in [-0.3, -0.25) is 4.40 Å². The van der Waals surface area contributed by atoms with Crippen LogP contribution in [0.1, 0.15) is 0 Å². The number of nitrogens with zero attached hydrogens (tertiary/aromatic N) is 3. The van der Waals surface area contributed by atoms with E-state index in [0.717, 1.165) is 39.4 Å². The third-order valence-electron chi connectivity index (χ3n) is 9.68. The molecule has 10 rings (SSSR count). The summed E-state index contributed by atoms with van der Waals surface area (Å²) in [7, 11) is 0. The van der Waals surface area contributed by atoms with E-state index in [1.54, 1.807) is 0 Å². The third kappa shape index (κ3) is 3.91. The zero-order valence-electron chi connectivity index (χ0n) is 26.1.